The summed E-state index contributed by atoms with van der Waals surface area (Å²) >= 11 is 3.45. The van der Waals surface area contributed by atoms with Crippen molar-refractivity contribution in [3.8, 4) is 0 Å². The third-order valence-corrected chi connectivity index (χ3v) is 3.85. The molecule has 0 aromatic heterocycles. The van der Waals surface area contributed by atoms with Gasteiger partial charge in [-0.1, -0.05) is 15.9 Å². The molecule has 1 unspecified atom stereocenters. The number of piperazine rings is 1. The summed E-state index contributed by atoms with van der Waals surface area (Å²) in [6.07, 6.45) is 0. The van der Waals surface area contributed by atoms with Gasteiger partial charge in [-0.25, -0.2) is 0 Å². The van der Waals surface area contributed by atoms with E-state index in [1.807, 2.05) is 12.1 Å². The van der Waals surface area contributed by atoms with E-state index in [4.69, 9.17) is 0 Å². The van der Waals surface area contributed by atoms with Crippen molar-refractivity contribution in [2.45, 2.75) is 19.6 Å². The number of aliphatic hydroxyl groups excluding tert-OH is 1. The summed E-state index contributed by atoms with van der Waals surface area (Å²) < 4.78 is 1.02. The first kappa shape index (κ1) is 12.9. The molecule has 2 rings (SSSR count). The number of nitrogens with zero attached hydrogens (tertiary/aromatic N) is 2. The molecule has 1 aliphatic heterocycles. The lowest BCUT2D eigenvalue weighted by Gasteiger charge is -2.40. The van der Waals surface area contributed by atoms with Gasteiger partial charge in [-0.15, -0.1) is 0 Å². The maximum atomic E-state index is 9.45. The summed E-state index contributed by atoms with van der Waals surface area (Å²) in [6, 6.07) is 6.62. The molecule has 1 aromatic carbocycles. The van der Waals surface area contributed by atoms with Crippen molar-refractivity contribution in [2.75, 3.05) is 31.6 Å². The molecule has 17 heavy (non-hydrogen) atoms. The Bertz CT molecular complexity index is 397. The van der Waals surface area contributed by atoms with Crippen molar-refractivity contribution in [1.29, 1.82) is 0 Å². The fourth-order valence-electron chi connectivity index (χ4n) is 2.46. The van der Waals surface area contributed by atoms with Crippen LogP contribution in [0.2, 0.25) is 0 Å². The fraction of sp³-hybridized carbons (Fsp3) is 0.538. The van der Waals surface area contributed by atoms with E-state index in [-0.39, 0.29) is 6.61 Å². The van der Waals surface area contributed by atoms with Gasteiger partial charge in [0.25, 0.3) is 0 Å². The average molecular weight is 299 g/mol. The quantitative estimate of drug-likeness (QED) is 0.906. The molecule has 0 radical (unpaired) electrons. The maximum Gasteiger partial charge on any atom is 0.0702 e. The predicted molar refractivity (Wildman–Crippen MR) is 74.4 cm³/mol. The topological polar surface area (TPSA) is 26.7 Å². The van der Waals surface area contributed by atoms with Gasteiger partial charge in [0.2, 0.25) is 0 Å². The van der Waals surface area contributed by atoms with Crippen molar-refractivity contribution in [3.05, 3.63) is 28.2 Å². The van der Waals surface area contributed by atoms with Crippen LogP contribution in [0.3, 0.4) is 0 Å². The van der Waals surface area contributed by atoms with E-state index in [2.05, 4.69) is 45.8 Å². The molecule has 1 aromatic rings. The molecule has 3 nitrogen and oxygen atoms in total. The third-order valence-electron chi connectivity index (χ3n) is 3.35. The molecule has 1 saturated heterocycles. The Kier molecular flexibility index (Phi) is 4.07. The highest BCUT2D eigenvalue weighted by atomic mass is 79.9. The van der Waals surface area contributed by atoms with Crippen LogP contribution in [0, 0.1) is 0 Å². The summed E-state index contributed by atoms with van der Waals surface area (Å²) in [6.45, 7) is 5.49. The first-order chi connectivity index (χ1) is 8.11. The standard InChI is InChI=1S/C13H19BrN2O/c1-10-8-15(2)5-6-16(10)13-4-3-12(14)7-11(13)9-17/h3-4,7,10,17H,5-6,8-9H2,1-2H3. The van der Waals surface area contributed by atoms with Gasteiger partial charge < -0.3 is 14.9 Å². The van der Waals surface area contributed by atoms with Gasteiger partial charge >= 0.3 is 0 Å². The highest BCUT2D eigenvalue weighted by molar-refractivity contribution is 9.10. The molecule has 1 N–H and O–H groups in total. The smallest absolute Gasteiger partial charge is 0.0702 e. The minimum atomic E-state index is 0.0911. The van der Waals surface area contributed by atoms with E-state index in [1.54, 1.807) is 0 Å². The molecular formula is C13H19BrN2O. The lowest BCUT2D eigenvalue weighted by atomic mass is 10.1. The molecule has 4 heteroatoms. The third kappa shape index (κ3) is 2.81. The van der Waals surface area contributed by atoms with Crippen LogP contribution in [0.1, 0.15) is 12.5 Å². The van der Waals surface area contributed by atoms with Gasteiger partial charge in [-0.2, -0.15) is 0 Å². The number of benzene rings is 1. The molecule has 0 saturated carbocycles. The van der Waals surface area contributed by atoms with Crippen LogP contribution in [0.4, 0.5) is 5.69 Å². The largest absolute Gasteiger partial charge is 0.392 e. The number of likely N-dealkylation sites (N-methyl/N-ethyl adjacent to an activating group) is 1. The molecule has 0 bridgehead atoms. The number of rotatable bonds is 2. The Morgan fingerprint density at radius 2 is 2.18 bits per heavy atom. The van der Waals surface area contributed by atoms with Crippen molar-refractivity contribution >= 4 is 21.6 Å². The zero-order valence-corrected chi connectivity index (χ0v) is 11.9. The van der Waals surface area contributed by atoms with Gasteiger partial charge in [-0.05, 0) is 32.2 Å². The lowest BCUT2D eigenvalue weighted by Crippen LogP contribution is -2.50. The molecule has 0 spiro atoms. The average Bonchev–Trinajstić information content (AvgIpc) is 2.30. The van der Waals surface area contributed by atoms with Gasteiger partial charge in [0.1, 0.15) is 0 Å². The van der Waals surface area contributed by atoms with E-state index in [9.17, 15) is 5.11 Å². The Balaban J connectivity index is 2.27. The first-order valence-electron chi connectivity index (χ1n) is 5.96. The summed E-state index contributed by atoms with van der Waals surface area (Å²) in [5.41, 5.74) is 2.16. The summed E-state index contributed by atoms with van der Waals surface area (Å²) in [5, 5.41) is 9.45. The number of anilines is 1. The Morgan fingerprint density at radius 1 is 1.41 bits per heavy atom. The lowest BCUT2D eigenvalue weighted by molar-refractivity contribution is 0.269. The van der Waals surface area contributed by atoms with Crippen LogP contribution in [-0.2, 0) is 6.61 Å². The maximum absolute atomic E-state index is 9.45. The van der Waals surface area contributed by atoms with Gasteiger partial charge in [0.15, 0.2) is 0 Å². The molecule has 0 aliphatic carbocycles. The van der Waals surface area contributed by atoms with Crippen LogP contribution in [0.25, 0.3) is 0 Å². The number of hydrogen-bond acceptors (Lipinski definition) is 3. The summed E-state index contributed by atoms with van der Waals surface area (Å²) in [5.74, 6) is 0. The number of halogens is 1. The van der Waals surface area contributed by atoms with Crippen molar-refractivity contribution in [2.24, 2.45) is 0 Å². The van der Waals surface area contributed by atoms with E-state index in [0.717, 1.165) is 35.4 Å². The van der Waals surface area contributed by atoms with Crippen LogP contribution < -0.4 is 4.90 Å². The zero-order valence-electron chi connectivity index (χ0n) is 10.4. The van der Waals surface area contributed by atoms with Crippen LogP contribution >= 0.6 is 15.9 Å². The van der Waals surface area contributed by atoms with Crippen molar-refractivity contribution in [3.63, 3.8) is 0 Å². The second kappa shape index (κ2) is 5.38. The van der Waals surface area contributed by atoms with Crippen LogP contribution in [0.15, 0.2) is 22.7 Å². The summed E-state index contributed by atoms with van der Waals surface area (Å²) in [7, 11) is 2.16. The van der Waals surface area contributed by atoms with Crippen LogP contribution in [-0.4, -0.2) is 42.7 Å². The van der Waals surface area contributed by atoms with Crippen LogP contribution in [0.5, 0.6) is 0 Å². The van der Waals surface area contributed by atoms with Gasteiger partial charge in [0.05, 0.1) is 6.61 Å². The fourth-order valence-corrected chi connectivity index (χ4v) is 2.87. The van der Waals surface area contributed by atoms with Gasteiger partial charge in [0, 0.05) is 41.4 Å². The second-order valence-electron chi connectivity index (χ2n) is 4.74. The number of aliphatic hydroxyl groups is 1. The molecule has 94 valence electrons. The Hall–Kier alpha value is -0.580. The minimum absolute atomic E-state index is 0.0911. The van der Waals surface area contributed by atoms with Crippen molar-refractivity contribution in [1.82, 2.24) is 4.90 Å². The number of hydrogen-bond donors (Lipinski definition) is 1. The Morgan fingerprint density at radius 3 is 2.82 bits per heavy atom. The predicted octanol–water partition coefficient (Wildman–Crippen LogP) is 2.08. The highest BCUT2D eigenvalue weighted by Gasteiger charge is 2.23. The van der Waals surface area contributed by atoms with E-state index in [0.29, 0.717) is 6.04 Å². The van der Waals surface area contributed by atoms with Gasteiger partial charge in [-0.3, -0.25) is 0 Å². The first-order valence-corrected chi connectivity index (χ1v) is 6.75. The molecule has 1 fully saturated rings. The normalized spacial score (nSPS) is 21.9. The molecule has 0 amide bonds. The minimum Gasteiger partial charge on any atom is -0.392 e. The van der Waals surface area contributed by atoms with Crippen molar-refractivity contribution < 1.29 is 5.11 Å². The van der Waals surface area contributed by atoms with E-state index in [1.165, 1.54) is 0 Å². The van der Waals surface area contributed by atoms with E-state index < -0.39 is 0 Å². The second-order valence-corrected chi connectivity index (χ2v) is 5.65. The summed E-state index contributed by atoms with van der Waals surface area (Å²) in [4.78, 5) is 4.73. The highest BCUT2D eigenvalue weighted by Crippen LogP contribution is 2.27. The molecule has 1 heterocycles. The monoisotopic (exact) mass is 298 g/mol. The molecule has 1 atom stereocenters. The molecular weight excluding hydrogens is 280 g/mol. The van der Waals surface area contributed by atoms with E-state index >= 15 is 0 Å². The zero-order chi connectivity index (χ0) is 12.4. The SMILES string of the molecule is CC1CN(C)CCN1c1ccc(Br)cc1CO. The Labute approximate surface area is 111 Å². The molecule has 1 aliphatic rings.